The van der Waals surface area contributed by atoms with E-state index in [4.69, 9.17) is 5.11 Å². The van der Waals surface area contributed by atoms with Crippen molar-refractivity contribution < 1.29 is 27.5 Å². The van der Waals surface area contributed by atoms with Crippen LogP contribution in [0.25, 0.3) is 0 Å². The second kappa shape index (κ2) is 5.27. The average Bonchev–Trinajstić information content (AvgIpc) is 2.78. The third-order valence-corrected chi connectivity index (χ3v) is 2.50. The highest BCUT2D eigenvalue weighted by Crippen LogP contribution is 2.22. The lowest BCUT2D eigenvalue weighted by atomic mass is 10.2. The summed E-state index contributed by atoms with van der Waals surface area (Å²) < 4.78 is 52.1. The molecule has 9 heteroatoms. The Morgan fingerprint density at radius 2 is 2.00 bits per heavy atom. The molecule has 0 amide bonds. The molecule has 0 radical (unpaired) electrons. The first-order valence-corrected chi connectivity index (χ1v) is 5.29. The molecular formula is C11H7F4N3O2. The van der Waals surface area contributed by atoms with E-state index < -0.39 is 35.4 Å². The van der Waals surface area contributed by atoms with Gasteiger partial charge in [-0.15, -0.1) is 5.10 Å². The number of aromatic nitrogens is 3. The Bertz CT molecular complexity index is 657. The van der Waals surface area contributed by atoms with Gasteiger partial charge in [-0.3, -0.25) is 0 Å². The minimum Gasteiger partial charge on any atom is -0.476 e. The van der Waals surface area contributed by atoms with E-state index in [1.165, 1.54) is 6.07 Å². The van der Waals surface area contributed by atoms with Gasteiger partial charge in [0.1, 0.15) is 5.69 Å². The average molecular weight is 289 g/mol. The molecule has 0 spiro atoms. The van der Waals surface area contributed by atoms with Gasteiger partial charge >= 0.3 is 5.97 Å². The van der Waals surface area contributed by atoms with E-state index in [2.05, 4.69) is 10.3 Å². The van der Waals surface area contributed by atoms with E-state index in [0.717, 1.165) is 12.1 Å². The molecule has 2 aromatic rings. The Morgan fingerprint density at radius 1 is 1.30 bits per heavy atom. The Labute approximate surface area is 109 Å². The Morgan fingerprint density at radius 3 is 2.55 bits per heavy atom. The zero-order valence-corrected chi connectivity index (χ0v) is 9.73. The molecule has 20 heavy (non-hydrogen) atoms. The molecule has 1 N–H and O–H groups in total. The van der Waals surface area contributed by atoms with Crippen molar-refractivity contribution in [2.45, 2.75) is 13.0 Å². The zero-order valence-electron chi connectivity index (χ0n) is 9.73. The first kappa shape index (κ1) is 14.0. The molecule has 0 bridgehead atoms. The Balaban J connectivity index is 2.38. The van der Waals surface area contributed by atoms with Gasteiger partial charge in [0.15, 0.2) is 17.3 Å². The fourth-order valence-corrected chi connectivity index (χ4v) is 1.62. The van der Waals surface area contributed by atoms with Crippen LogP contribution in [0.2, 0.25) is 0 Å². The maximum atomic E-state index is 13.0. The number of halogens is 4. The normalized spacial score (nSPS) is 11.1. The monoisotopic (exact) mass is 289 g/mol. The van der Waals surface area contributed by atoms with Crippen LogP contribution in [0, 0.1) is 11.6 Å². The molecule has 0 saturated heterocycles. The number of aromatic carboxylic acids is 1. The topological polar surface area (TPSA) is 68.0 Å². The second-order valence-corrected chi connectivity index (χ2v) is 3.84. The quantitative estimate of drug-likeness (QED) is 0.876. The van der Waals surface area contributed by atoms with Gasteiger partial charge in [-0.25, -0.2) is 27.0 Å². The first-order valence-electron chi connectivity index (χ1n) is 5.29. The fraction of sp³-hybridized carbons (Fsp3) is 0.182. The van der Waals surface area contributed by atoms with E-state index in [1.807, 2.05) is 0 Å². The summed E-state index contributed by atoms with van der Waals surface area (Å²) in [5.41, 5.74) is -1.61. The second-order valence-electron chi connectivity index (χ2n) is 3.84. The van der Waals surface area contributed by atoms with Crippen molar-refractivity contribution in [2.75, 3.05) is 0 Å². The Kier molecular flexibility index (Phi) is 3.68. The molecule has 0 aliphatic rings. The summed E-state index contributed by atoms with van der Waals surface area (Å²) in [6, 6.07) is 2.82. The number of rotatable bonds is 4. The Hall–Kier alpha value is -2.45. The maximum absolute atomic E-state index is 13.0. The molecule has 1 heterocycles. The lowest BCUT2D eigenvalue weighted by Gasteiger charge is -2.06. The van der Waals surface area contributed by atoms with Crippen molar-refractivity contribution in [1.29, 1.82) is 0 Å². The number of hydrogen-bond acceptors (Lipinski definition) is 3. The van der Waals surface area contributed by atoms with Gasteiger partial charge in [0.25, 0.3) is 6.43 Å². The summed E-state index contributed by atoms with van der Waals surface area (Å²) in [5.74, 6) is -3.86. The number of carboxylic acids is 1. The van der Waals surface area contributed by atoms with Gasteiger partial charge in [-0.1, -0.05) is 11.3 Å². The van der Waals surface area contributed by atoms with Crippen LogP contribution in [-0.2, 0) is 6.54 Å². The van der Waals surface area contributed by atoms with Crippen molar-refractivity contribution in [1.82, 2.24) is 15.0 Å². The number of alkyl halides is 2. The van der Waals surface area contributed by atoms with E-state index in [-0.39, 0.29) is 12.1 Å². The third kappa shape index (κ3) is 2.60. The van der Waals surface area contributed by atoms with Crippen LogP contribution in [0.4, 0.5) is 17.6 Å². The molecule has 5 nitrogen and oxygen atoms in total. The van der Waals surface area contributed by atoms with Crippen LogP contribution >= 0.6 is 0 Å². The number of hydrogen-bond donors (Lipinski definition) is 1. The summed E-state index contributed by atoms with van der Waals surface area (Å²) in [7, 11) is 0. The third-order valence-electron chi connectivity index (χ3n) is 2.50. The fourth-order valence-electron chi connectivity index (χ4n) is 1.62. The van der Waals surface area contributed by atoms with Gasteiger partial charge in [0, 0.05) is 0 Å². The molecule has 0 atom stereocenters. The molecular weight excluding hydrogens is 282 g/mol. The van der Waals surface area contributed by atoms with Crippen LogP contribution in [0.3, 0.4) is 0 Å². The molecule has 0 fully saturated rings. The number of benzene rings is 1. The van der Waals surface area contributed by atoms with E-state index in [0.29, 0.717) is 4.68 Å². The predicted octanol–water partition coefficient (Wildman–Crippen LogP) is 2.24. The molecule has 0 aliphatic heterocycles. The van der Waals surface area contributed by atoms with Gasteiger partial charge in [0.2, 0.25) is 0 Å². The van der Waals surface area contributed by atoms with Gasteiger partial charge < -0.3 is 5.11 Å². The summed E-state index contributed by atoms with van der Waals surface area (Å²) in [5, 5.41) is 15.2. The van der Waals surface area contributed by atoms with Crippen molar-refractivity contribution in [3.8, 4) is 0 Å². The number of carbonyl (C=O) groups is 1. The number of nitrogens with zero attached hydrogens (tertiary/aromatic N) is 3. The van der Waals surface area contributed by atoms with Crippen molar-refractivity contribution in [2.24, 2.45) is 0 Å². The van der Waals surface area contributed by atoms with Crippen molar-refractivity contribution in [3.63, 3.8) is 0 Å². The molecule has 0 unspecified atom stereocenters. The SMILES string of the molecule is O=C(O)c1nnn(Cc2ccc(F)c(F)c2)c1C(F)F. The smallest absolute Gasteiger partial charge is 0.358 e. The van der Waals surface area contributed by atoms with Gasteiger partial charge in [-0.2, -0.15) is 0 Å². The molecule has 0 saturated carbocycles. The highest BCUT2D eigenvalue weighted by atomic mass is 19.3. The molecule has 0 aliphatic carbocycles. The summed E-state index contributed by atoms with van der Waals surface area (Å²) >= 11 is 0. The zero-order chi connectivity index (χ0) is 14.9. The summed E-state index contributed by atoms with van der Waals surface area (Å²) in [6.45, 7) is -0.350. The molecule has 1 aromatic heterocycles. The summed E-state index contributed by atoms with van der Waals surface area (Å²) in [4.78, 5) is 10.7. The molecule has 1 aromatic carbocycles. The van der Waals surface area contributed by atoms with Gasteiger partial charge in [0.05, 0.1) is 6.54 Å². The largest absolute Gasteiger partial charge is 0.476 e. The summed E-state index contributed by atoms with van der Waals surface area (Å²) in [6.07, 6.45) is -3.11. The van der Waals surface area contributed by atoms with Gasteiger partial charge in [-0.05, 0) is 17.7 Å². The van der Waals surface area contributed by atoms with Crippen LogP contribution in [0.15, 0.2) is 18.2 Å². The minimum atomic E-state index is -3.11. The van der Waals surface area contributed by atoms with E-state index >= 15 is 0 Å². The maximum Gasteiger partial charge on any atom is 0.358 e. The van der Waals surface area contributed by atoms with E-state index in [9.17, 15) is 22.4 Å². The molecule has 2 rings (SSSR count). The van der Waals surface area contributed by atoms with Crippen LogP contribution < -0.4 is 0 Å². The van der Waals surface area contributed by atoms with Crippen molar-refractivity contribution >= 4 is 5.97 Å². The van der Waals surface area contributed by atoms with Crippen LogP contribution in [0.5, 0.6) is 0 Å². The lowest BCUT2D eigenvalue weighted by molar-refractivity contribution is 0.0675. The predicted molar refractivity (Wildman–Crippen MR) is 57.4 cm³/mol. The minimum absolute atomic E-state index is 0.146. The lowest BCUT2D eigenvalue weighted by Crippen LogP contribution is -2.10. The first-order chi connectivity index (χ1) is 9.40. The molecule has 106 valence electrons. The van der Waals surface area contributed by atoms with Crippen LogP contribution in [0.1, 0.15) is 28.2 Å². The van der Waals surface area contributed by atoms with Crippen LogP contribution in [-0.4, -0.2) is 26.1 Å². The van der Waals surface area contributed by atoms with Crippen molar-refractivity contribution in [3.05, 3.63) is 46.8 Å². The highest BCUT2D eigenvalue weighted by Gasteiger charge is 2.26. The standard InChI is InChI=1S/C11H7F4N3O2/c12-6-2-1-5(3-7(6)13)4-18-9(10(14)15)8(11(19)20)16-17-18/h1-3,10H,4H2,(H,19,20). The number of carboxylic acid groups (broad SMARTS) is 1. The highest BCUT2D eigenvalue weighted by molar-refractivity contribution is 5.86. The van der Waals surface area contributed by atoms with E-state index in [1.54, 1.807) is 0 Å².